The van der Waals surface area contributed by atoms with Crippen LogP contribution in [0.2, 0.25) is 0 Å². The van der Waals surface area contributed by atoms with Crippen molar-refractivity contribution < 1.29 is 38.4 Å². The van der Waals surface area contributed by atoms with E-state index in [1.54, 1.807) is 36.9 Å². The molecule has 0 aliphatic rings. The summed E-state index contributed by atoms with van der Waals surface area (Å²) in [4.78, 5) is 42.4. The van der Waals surface area contributed by atoms with Gasteiger partial charge in [-0.3, -0.25) is 15.4 Å². The van der Waals surface area contributed by atoms with Gasteiger partial charge in [-0.2, -0.15) is 8.78 Å². The maximum atomic E-state index is 12.4. The Bertz CT molecular complexity index is 1570. The van der Waals surface area contributed by atoms with Crippen LogP contribution in [0, 0.1) is 20.8 Å². The van der Waals surface area contributed by atoms with E-state index in [9.17, 15) is 23.2 Å². The number of aromatic nitrogens is 1. The summed E-state index contributed by atoms with van der Waals surface area (Å²) in [5.41, 5.74) is 7.71. The van der Waals surface area contributed by atoms with Crippen LogP contribution in [0.1, 0.15) is 101 Å². The number of ketones is 1. The summed E-state index contributed by atoms with van der Waals surface area (Å²) in [6.07, 6.45) is 10.4. The fourth-order valence-electron chi connectivity index (χ4n) is 4.15. The van der Waals surface area contributed by atoms with Crippen molar-refractivity contribution in [3.05, 3.63) is 101 Å². The van der Waals surface area contributed by atoms with Gasteiger partial charge in [0, 0.05) is 36.4 Å². The molecule has 0 aliphatic heterocycles. The van der Waals surface area contributed by atoms with E-state index in [-0.39, 0.29) is 18.2 Å². The Morgan fingerprint density at radius 2 is 1.55 bits per heavy atom. The highest BCUT2D eigenvalue weighted by Gasteiger charge is 2.31. The number of benzene rings is 2. The summed E-state index contributed by atoms with van der Waals surface area (Å²) in [6.45, 7) is 19.7. The van der Waals surface area contributed by atoms with Gasteiger partial charge in [0.05, 0.1) is 6.10 Å². The van der Waals surface area contributed by atoms with Crippen LogP contribution in [0.25, 0.3) is 11.1 Å². The average molecular weight is 712 g/mol. The SMILES string of the molecule is C/C=C(\CC)CCCC.C=CC.CC(F)(F)C(=O)O.Cc1ccc(NC(=O)Nc2ncc(-c3ccc(C(=O)CC(C)OO)cc3)cc2C)cc1C. The van der Waals surface area contributed by atoms with Crippen LogP contribution in [0.4, 0.5) is 25.1 Å². The Kier molecular flexibility index (Phi) is 22.1. The third-order valence-electron chi connectivity index (χ3n) is 7.36. The minimum Gasteiger partial charge on any atom is -0.477 e. The second-order valence-electron chi connectivity index (χ2n) is 11.9. The maximum absolute atomic E-state index is 12.4. The number of aliphatic carboxylic acids is 1. The molecule has 0 fully saturated rings. The normalized spacial score (nSPS) is 11.3. The van der Waals surface area contributed by atoms with Gasteiger partial charge in [-0.1, -0.05) is 68.3 Å². The highest BCUT2D eigenvalue weighted by atomic mass is 19.3. The van der Waals surface area contributed by atoms with Crippen LogP contribution >= 0.6 is 0 Å². The van der Waals surface area contributed by atoms with E-state index in [2.05, 4.69) is 53.9 Å². The van der Waals surface area contributed by atoms with Crippen molar-refractivity contribution in [3.8, 4) is 11.1 Å². The van der Waals surface area contributed by atoms with Crippen molar-refractivity contribution in [1.29, 1.82) is 0 Å². The molecule has 0 spiro atoms. The lowest BCUT2D eigenvalue weighted by Crippen LogP contribution is -2.22. The van der Waals surface area contributed by atoms with E-state index in [1.807, 2.05) is 64.1 Å². The van der Waals surface area contributed by atoms with Crippen LogP contribution in [0.5, 0.6) is 0 Å². The molecule has 0 radical (unpaired) electrons. The van der Waals surface area contributed by atoms with E-state index < -0.39 is 18.0 Å². The fourth-order valence-corrected chi connectivity index (χ4v) is 4.15. The molecule has 3 rings (SSSR count). The van der Waals surface area contributed by atoms with Crippen LogP contribution < -0.4 is 10.6 Å². The molecule has 280 valence electrons. The number of nitrogens with one attached hydrogen (secondary N) is 2. The molecule has 11 heteroatoms. The summed E-state index contributed by atoms with van der Waals surface area (Å²) in [7, 11) is 0. The molecule has 1 heterocycles. The molecular formula is C40H55F2N3O6. The van der Waals surface area contributed by atoms with Gasteiger partial charge >= 0.3 is 17.9 Å². The third kappa shape index (κ3) is 18.7. The summed E-state index contributed by atoms with van der Waals surface area (Å²) >= 11 is 0. The summed E-state index contributed by atoms with van der Waals surface area (Å²) in [6, 6.07) is 14.5. The van der Waals surface area contributed by atoms with Crippen molar-refractivity contribution in [2.24, 2.45) is 0 Å². The highest BCUT2D eigenvalue weighted by molar-refractivity contribution is 6.00. The largest absolute Gasteiger partial charge is 0.477 e. The number of carbonyl (C=O) groups excluding carboxylic acids is 2. The number of carbonyl (C=O) groups is 3. The molecule has 0 saturated carbocycles. The minimum absolute atomic E-state index is 0.0983. The zero-order chi connectivity index (χ0) is 39.1. The van der Waals surface area contributed by atoms with Crippen LogP contribution in [-0.4, -0.2) is 45.2 Å². The molecule has 0 aliphatic carbocycles. The molecule has 51 heavy (non-hydrogen) atoms. The van der Waals surface area contributed by atoms with Gasteiger partial charge < -0.3 is 10.4 Å². The van der Waals surface area contributed by atoms with Crippen LogP contribution in [-0.2, 0) is 9.68 Å². The van der Waals surface area contributed by atoms with Gasteiger partial charge in [0.15, 0.2) is 5.78 Å². The lowest BCUT2D eigenvalue weighted by Gasteiger charge is -2.12. The maximum Gasteiger partial charge on any atom is 0.374 e. The number of carboxylic acid groups (broad SMARTS) is 1. The number of hydrogen-bond acceptors (Lipinski definition) is 6. The Hall–Kier alpha value is -4.74. The number of urea groups is 1. The fraction of sp³-hybridized carbons (Fsp3) is 0.400. The zero-order valence-electron chi connectivity index (χ0n) is 31.4. The van der Waals surface area contributed by atoms with Gasteiger partial charge in [-0.05, 0) is 101 Å². The number of unbranched alkanes of at least 4 members (excludes halogenated alkanes) is 1. The molecule has 1 unspecified atom stereocenters. The van der Waals surface area contributed by atoms with Gasteiger partial charge in [-0.15, -0.1) is 6.58 Å². The lowest BCUT2D eigenvalue weighted by molar-refractivity contribution is -0.272. The Balaban J connectivity index is 0.00000108. The topological polar surface area (TPSA) is 138 Å². The Labute approximate surface area is 301 Å². The number of anilines is 2. The smallest absolute Gasteiger partial charge is 0.374 e. The van der Waals surface area contributed by atoms with Gasteiger partial charge in [0.2, 0.25) is 0 Å². The van der Waals surface area contributed by atoms with Crippen LogP contribution in [0.3, 0.4) is 0 Å². The van der Waals surface area contributed by atoms with Gasteiger partial charge in [0.1, 0.15) is 5.82 Å². The van der Waals surface area contributed by atoms with Crippen molar-refractivity contribution in [3.63, 3.8) is 0 Å². The van der Waals surface area contributed by atoms with E-state index in [1.165, 1.54) is 25.7 Å². The van der Waals surface area contributed by atoms with E-state index in [0.717, 1.165) is 33.5 Å². The van der Waals surface area contributed by atoms with E-state index in [4.69, 9.17) is 10.4 Å². The number of Topliss-reactive ketones (excluding diaryl/α,β-unsaturated/α-hetero) is 1. The number of amides is 2. The number of allylic oxidation sites excluding steroid dienone is 3. The number of nitrogens with zero attached hydrogens (tertiary/aromatic N) is 1. The highest BCUT2D eigenvalue weighted by Crippen LogP contribution is 2.24. The number of carboxylic acids is 1. The number of alkyl halides is 2. The van der Waals surface area contributed by atoms with Crippen molar-refractivity contribution in [2.75, 3.05) is 10.6 Å². The number of pyridine rings is 1. The molecule has 0 bridgehead atoms. The first-order valence-electron chi connectivity index (χ1n) is 16.9. The monoisotopic (exact) mass is 711 g/mol. The molecule has 1 aromatic heterocycles. The average Bonchev–Trinajstić information content (AvgIpc) is 3.08. The molecule has 1 atom stereocenters. The second kappa shape index (κ2) is 24.4. The third-order valence-corrected chi connectivity index (χ3v) is 7.36. The van der Waals surface area contributed by atoms with Crippen molar-refractivity contribution in [1.82, 2.24) is 4.98 Å². The van der Waals surface area contributed by atoms with E-state index >= 15 is 0 Å². The molecule has 4 N–H and O–H groups in total. The Morgan fingerprint density at radius 1 is 0.961 bits per heavy atom. The van der Waals surface area contributed by atoms with Crippen LogP contribution in [0.15, 0.2) is 79.0 Å². The number of halogens is 2. The quantitative estimate of drug-likeness (QED) is 0.0635. The number of aryl methyl sites for hydroxylation is 3. The van der Waals surface area contributed by atoms with E-state index in [0.29, 0.717) is 18.3 Å². The molecule has 2 aromatic carbocycles. The zero-order valence-corrected chi connectivity index (χ0v) is 31.4. The summed E-state index contributed by atoms with van der Waals surface area (Å²) < 4.78 is 22.5. The standard InChI is InChI=1S/C25H27N3O4.C9H18.C3H4F2O2.C3H6/c1-15-5-10-22(12-16(15)2)27-25(30)28-24-17(3)11-21(14-26-24)19-6-8-20(9-7-19)23(29)13-18(4)32-31;1-4-7-8-9(5-2)6-3;1-3(4,5)2(6)7;1-3-2/h5-12,14,18,31H,13H2,1-4H3,(H2,26,27,28,30);5H,4,6-8H2,1-3H3;1H3,(H,6,7);3H,1H2,2H3/b;9-5+;;. The molecular weight excluding hydrogens is 656 g/mol. The van der Waals surface area contributed by atoms with Gasteiger partial charge in [-0.25, -0.2) is 19.5 Å². The second-order valence-corrected chi connectivity index (χ2v) is 11.9. The Morgan fingerprint density at radius 3 is 2.00 bits per heavy atom. The minimum atomic E-state index is -3.58. The molecule has 3 aromatic rings. The number of hydrogen-bond donors (Lipinski definition) is 4. The lowest BCUT2D eigenvalue weighted by atomic mass is 10.0. The molecule has 2 amide bonds. The molecule has 0 saturated heterocycles. The summed E-state index contributed by atoms with van der Waals surface area (Å²) in [5.74, 6) is -5.31. The summed E-state index contributed by atoms with van der Waals surface area (Å²) in [5, 5.41) is 21.7. The first kappa shape index (κ1) is 46.3. The predicted octanol–water partition coefficient (Wildman–Crippen LogP) is 11.2. The van der Waals surface area contributed by atoms with Crippen molar-refractivity contribution in [2.45, 2.75) is 106 Å². The predicted molar refractivity (Wildman–Crippen MR) is 203 cm³/mol. The van der Waals surface area contributed by atoms with Gasteiger partial charge in [0.25, 0.3) is 0 Å². The van der Waals surface area contributed by atoms with Crippen molar-refractivity contribution >= 4 is 29.3 Å². The molecule has 9 nitrogen and oxygen atoms in total. The first-order valence-corrected chi connectivity index (χ1v) is 16.9. The number of rotatable bonds is 12. The first-order chi connectivity index (χ1) is 24.0.